The summed E-state index contributed by atoms with van der Waals surface area (Å²) in [4.78, 5) is 12.7. The van der Waals surface area contributed by atoms with E-state index in [-0.39, 0.29) is 5.78 Å². The van der Waals surface area contributed by atoms with Crippen molar-refractivity contribution in [3.63, 3.8) is 0 Å². The van der Waals surface area contributed by atoms with E-state index in [1.54, 1.807) is 0 Å². The Morgan fingerprint density at radius 1 is 1.15 bits per heavy atom. The molecule has 0 saturated heterocycles. The Morgan fingerprint density at radius 3 is 2.65 bits per heavy atom. The first kappa shape index (κ1) is 12.7. The Balaban J connectivity index is 2.06. The normalized spacial score (nSPS) is 13.1. The van der Waals surface area contributed by atoms with Gasteiger partial charge in [0.15, 0.2) is 11.5 Å². The van der Waals surface area contributed by atoms with Crippen molar-refractivity contribution in [1.82, 2.24) is 0 Å². The molecule has 1 aliphatic rings. The van der Waals surface area contributed by atoms with Crippen LogP contribution in [0.5, 0.6) is 5.75 Å². The van der Waals surface area contributed by atoms with Crippen molar-refractivity contribution in [2.75, 3.05) is 18.5 Å². The predicted octanol–water partition coefficient (Wildman–Crippen LogP) is 3.34. The molecule has 0 spiro atoms. The van der Waals surface area contributed by atoms with Crippen molar-refractivity contribution in [2.24, 2.45) is 0 Å². The summed E-state index contributed by atoms with van der Waals surface area (Å²) in [6.45, 7) is 5.36. The molecule has 1 N–H and O–H groups in total. The van der Waals surface area contributed by atoms with E-state index in [1.807, 2.05) is 44.2 Å². The summed E-state index contributed by atoms with van der Waals surface area (Å²) in [5.41, 5.74) is 4.42. The number of carbonyl (C=O) groups is 1. The summed E-state index contributed by atoms with van der Waals surface area (Å²) >= 11 is 0. The fourth-order valence-electron chi connectivity index (χ4n) is 2.61. The Bertz CT molecular complexity index is 656. The monoisotopic (exact) mass is 267 g/mol. The number of aryl methyl sites for hydroxylation is 2. The highest BCUT2D eigenvalue weighted by Gasteiger charge is 2.20. The van der Waals surface area contributed by atoms with Gasteiger partial charge in [0.25, 0.3) is 0 Å². The molecule has 3 rings (SSSR count). The number of benzene rings is 2. The SMILES string of the molecule is Cc1cc(C)cc(C(=O)c2cccc3c2OCCN3)c1. The van der Waals surface area contributed by atoms with E-state index in [0.29, 0.717) is 23.5 Å². The molecule has 0 saturated carbocycles. The molecule has 20 heavy (non-hydrogen) atoms. The lowest BCUT2D eigenvalue weighted by Gasteiger charge is -2.21. The van der Waals surface area contributed by atoms with Gasteiger partial charge in [0.05, 0.1) is 11.3 Å². The molecule has 0 bridgehead atoms. The topological polar surface area (TPSA) is 38.3 Å². The van der Waals surface area contributed by atoms with Crippen LogP contribution in [0.2, 0.25) is 0 Å². The van der Waals surface area contributed by atoms with Crippen LogP contribution in [-0.4, -0.2) is 18.9 Å². The fraction of sp³-hybridized carbons (Fsp3) is 0.235. The number of ether oxygens (including phenoxy) is 1. The van der Waals surface area contributed by atoms with E-state index >= 15 is 0 Å². The zero-order valence-electron chi connectivity index (χ0n) is 11.7. The quantitative estimate of drug-likeness (QED) is 0.848. The van der Waals surface area contributed by atoms with Gasteiger partial charge in [-0.2, -0.15) is 0 Å². The average Bonchev–Trinajstić information content (AvgIpc) is 2.45. The first-order valence-electron chi connectivity index (χ1n) is 6.78. The van der Waals surface area contributed by atoms with E-state index in [0.717, 1.165) is 23.4 Å². The molecule has 2 aromatic rings. The molecule has 1 aliphatic heterocycles. The van der Waals surface area contributed by atoms with Gasteiger partial charge in [0.1, 0.15) is 6.61 Å². The third-order valence-electron chi connectivity index (χ3n) is 3.41. The minimum atomic E-state index is 0.0114. The number of anilines is 1. The first-order chi connectivity index (χ1) is 9.65. The second kappa shape index (κ2) is 5.00. The number of rotatable bonds is 2. The maximum atomic E-state index is 12.7. The largest absolute Gasteiger partial charge is 0.489 e. The zero-order valence-corrected chi connectivity index (χ0v) is 11.7. The van der Waals surface area contributed by atoms with Crippen LogP contribution in [0.3, 0.4) is 0 Å². The molecule has 0 fully saturated rings. The van der Waals surface area contributed by atoms with Crippen molar-refractivity contribution in [3.05, 3.63) is 58.7 Å². The minimum Gasteiger partial charge on any atom is -0.489 e. The summed E-state index contributed by atoms with van der Waals surface area (Å²) in [6, 6.07) is 11.6. The highest BCUT2D eigenvalue weighted by Crippen LogP contribution is 2.32. The maximum absolute atomic E-state index is 12.7. The first-order valence-corrected chi connectivity index (χ1v) is 6.78. The average molecular weight is 267 g/mol. The smallest absolute Gasteiger partial charge is 0.196 e. The second-order valence-electron chi connectivity index (χ2n) is 5.16. The molecular weight excluding hydrogens is 250 g/mol. The van der Waals surface area contributed by atoms with E-state index < -0.39 is 0 Å². The van der Waals surface area contributed by atoms with Gasteiger partial charge in [-0.3, -0.25) is 4.79 Å². The van der Waals surface area contributed by atoms with Crippen molar-refractivity contribution in [3.8, 4) is 5.75 Å². The maximum Gasteiger partial charge on any atom is 0.196 e. The highest BCUT2D eigenvalue weighted by molar-refractivity contribution is 6.11. The summed E-state index contributed by atoms with van der Waals surface area (Å²) in [5, 5.41) is 3.25. The highest BCUT2D eigenvalue weighted by atomic mass is 16.5. The molecule has 0 aliphatic carbocycles. The van der Waals surface area contributed by atoms with Gasteiger partial charge in [-0.15, -0.1) is 0 Å². The van der Waals surface area contributed by atoms with Gasteiger partial charge >= 0.3 is 0 Å². The van der Waals surface area contributed by atoms with Gasteiger partial charge in [0, 0.05) is 12.1 Å². The molecule has 0 radical (unpaired) electrons. The number of hydrogen-bond acceptors (Lipinski definition) is 3. The van der Waals surface area contributed by atoms with Crippen LogP contribution in [0.25, 0.3) is 0 Å². The lowest BCUT2D eigenvalue weighted by atomic mass is 9.98. The molecule has 1 heterocycles. The van der Waals surface area contributed by atoms with Crippen LogP contribution < -0.4 is 10.1 Å². The number of hydrogen-bond donors (Lipinski definition) is 1. The molecular formula is C17H17NO2. The number of carbonyl (C=O) groups excluding carboxylic acids is 1. The third kappa shape index (κ3) is 2.27. The molecule has 0 atom stereocenters. The van der Waals surface area contributed by atoms with E-state index in [2.05, 4.69) is 11.4 Å². The van der Waals surface area contributed by atoms with Crippen LogP contribution in [0, 0.1) is 13.8 Å². The zero-order chi connectivity index (χ0) is 14.1. The fourth-order valence-corrected chi connectivity index (χ4v) is 2.61. The number of nitrogens with one attached hydrogen (secondary N) is 1. The van der Waals surface area contributed by atoms with Crippen LogP contribution >= 0.6 is 0 Å². The Hall–Kier alpha value is -2.29. The number of para-hydroxylation sites is 1. The Kier molecular flexibility index (Phi) is 3.18. The van der Waals surface area contributed by atoms with Crippen LogP contribution in [-0.2, 0) is 0 Å². The Morgan fingerprint density at radius 2 is 1.90 bits per heavy atom. The van der Waals surface area contributed by atoms with E-state index in [9.17, 15) is 4.79 Å². The predicted molar refractivity (Wildman–Crippen MR) is 79.8 cm³/mol. The summed E-state index contributed by atoms with van der Waals surface area (Å²) in [6.07, 6.45) is 0. The summed E-state index contributed by atoms with van der Waals surface area (Å²) in [5.74, 6) is 0.681. The molecule has 3 heteroatoms. The summed E-state index contributed by atoms with van der Waals surface area (Å²) in [7, 11) is 0. The number of fused-ring (bicyclic) bond motifs is 1. The van der Waals surface area contributed by atoms with Gasteiger partial charge in [-0.05, 0) is 38.1 Å². The van der Waals surface area contributed by atoms with Crippen LogP contribution in [0.4, 0.5) is 5.69 Å². The lowest BCUT2D eigenvalue weighted by Crippen LogP contribution is -2.20. The van der Waals surface area contributed by atoms with Crippen LogP contribution in [0.1, 0.15) is 27.0 Å². The van der Waals surface area contributed by atoms with E-state index in [4.69, 9.17) is 4.74 Å². The molecule has 102 valence electrons. The number of ketones is 1. The second-order valence-corrected chi connectivity index (χ2v) is 5.16. The van der Waals surface area contributed by atoms with Crippen LogP contribution in [0.15, 0.2) is 36.4 Å². The standard InChI is InChI=1S/C17H17NO2/c1-11-8-12(2)10-13(9-11)16(19)14-4-3-5-15-17(14)20-7-6-18-15/h3-5,8-10,18H,6-7H2,1-2H3. The Labute approximate surface area is 118 Å². The molecule has 0 aromatic heterocycles. The lowest BCUT2D eigenvalue weighted by molar-refractivity contribution is 0.103. The third-order valence-corrected chi connectivity index (χ3v) is 3.41. The van der Waals surface area contributed by atoms with Crippen molar-refractivity contribution in [2.45, 2.75) is 13.8 Å². The van der Waals surface area contributed by atoms with Gasteiger partial charge in [-0.1, -0.05) is 23.3 Å². The van der Waals surface area contributed by atoms with Crippen molar-refractivity contribution >= 4 is 11.5 Å². The van der Waals surface area contributed by atoms with Gasteiger partial charge < -0.3 is 10.1 Å². The van der Waals surface area contributed by atoms with Crippen molar-refractivity contribution in [1.29, 1.82) is 0 Å². The minimum absolute atomic E-state index is 0.0114. The molecule has 0 unspecified atom stereocenters. The van der Waals surface area contributed by atoms with Crippen molar-refractivity contribution < 1.29 is 9.53 Å². The molecule has 2 aromatic carbocycles. The van der Waals surface area contributed by atoms with Gasteiger partial charge in [0.2, 0.25) is 0 Å². The molecule has 3 nitrogen and oxygen atoms in total. The van der Waals surface area contributed by atoms with E-state index in [1.165, 1.54) is 0 Å². The summed E-state index contributed by atoms with van der Waals surface area (Å²) < 4.78 is 5.67. The molecule has 0 amide bonds. The van der Waals surface area contributed by atoms with Gasteiger partial charge in [-0.25, -0.2) is 0 Å².